The van der Waals surface area contributed by atoms with Gasteiger partial charge in [-0.3, -0.25) is 0 Å². The van der Waals surface area contributed by atoms with Crippen molar-refractivity contribution in [3.63, 3.8) is 0 Å². The van der Waals surface area contributed by atoms with Gasteiger partial charge in [-0.15, -0.1) is 0 Å². The van der Waals surface area contributed by atoms with Crippen LogP contribution in [-0.2, 0) is 9.47 Å². The minimum Gasteiger partial charge on any atom is -0.381 e. The smallest absolute Gasteiger partial charge is 0.0920 e. The molecule has 2 heteroatoms. The third kappa shape index (κ3) is 2.29. The molecular formula is C12H22O2. The van der Waals surface area contributed by atoms with Crippen LogP contribution in [0.2, 0.25) is 0 Å². The molecule has 1 saturated carbocycles. The highest BCUT2D eigenvalue weighted by molar-refractivity contribution is 5.03. The third-order valence-electron chi connectivity index (χ3n) is 3.65. The van der Waals surface area contributed by atoms with Gasteiger partial charge in [0.2, 0.25) is 0 Å². The van der Waals surface area contributed by atoms with E-state index in [4.69, 9.17) is 9.47 Å². The van der Waals surface area contributed by atoms with Crippen LogP contribution >= 0.6 is 0 Å². The monoisotopic (exact) mass is 198 g/mol. The molecule has 0 aromatic carbocycles. The molecule has 0 amide bonds. The molecule has 0 aromatic heterocycles. The predicted molar refractivity (Wildman–Crippen MR) is 56.3 cm³/mol. The van der Waals surface area contributed by atoms with Crippen molar-refractivity contribution in [1.82, 2.24) is 0 Å². The van der Waals surface area contributed by atoms with Gasteiger partial charge in [-0.25, -0.2) is 0 Å². The molecule has 0 bridgehead atoms. The van der Waals surface area contributed by atoms with Crippen LogP contribution in [0.15, 0.2) is 0 Å². The Labute approximate surface area is 87.0 Å². The van der Waals surface area contributed by atoms with Crippen molar-refractivity contribution in [2.75, 3.05) is 13.2 Å². The maximum Gasteiger partial charge on any atom is 0.0920 e. The zero-order chi connectivity index (χ0) is 10.0. The fraction of sp³-hybridized carbons (Fsp3) is 1.00. The average Bonchev–Trinajstić information content (AvgIpc) is 2.84. The first kappa shape index (κ1) is 10.4. The normalized spacial score (nSPS) is 40.7. The quantitative estimate of drug-likeness (QED) is 0.500. The van der Waals surface area contributed by atoms with Crippen LogP contribution in [0.4, 0.5) is 0 Å². The Morgan fingerprint density at radius 2 is 2.29 bits per heavy atom. The number of fused-ring (bicyclic) bond motifs is 1. The molecule has 1 saturated heterocycles. The fourth-order valence-electron chi connectivity index (χ4n) is 2.48. The summed E-state index contributed by atoms with van der Waals surface area (Å²) < 4.78 is 11.2. The molecule has 3 unspecified atom stereocenters. The van der Waals surface area contributed by atoms with Gasteiger partial charge in [0, 0.05) is 13.2 Å². The molecule has 1 heterocycles. The van der Waals surface area contributed by atoms with E-state index in [-0.39, 0.29) is 5.60 Å². The molecule has 3 atom stereocenters. The van der Waals surface area contributed by atoms with Gasteiger partial charge in [-0.1, -0.05) is 6.92 Å². The van der Waals surface area contributed by atoms with Gasteiger partial charge in [-0.2, -0.15) is 0 Å². The predicted octanol–water partition coefficient (Wildman–Crippen LogP) is 2.76. The molecule has 2 fully saturated rings. The lowest BCUT2D eigenvalue weighted by Crippen LogP contribution is -2.22. The molecule has 2 nitrogen and oxygen atoms in total. The minimum atomic E-state index is 0.279. The Morgan fingerprint density at radius 3 is 3.00 bits per heavy atom. The minimum absolute atomic E-state index is 0.279. The van der Waals surface area contributed by atoms with Crippen LogP contribution in [0.25, 0.3) is 0 Å². The molecule has 2 aliphatic rings. The van der Waals surface area contributed by atoms with E-state index in [1.807, 2.05) is 0 Å². The highest BCUT2D eigenvalue weighted by Crippen LogP contribution is 2.49. The zero-order valence-electron chi connectivity index (χ0n) is 9.42. The Kier molecular flexibility index (Phi) is 3.13. The Morgan fingerprint density at radius 1 is 1.43 bits per heavy atom. The van der Waals surface area contributed by atoms with E-state index in [0.29, 0.717) is 6.10 Å². The van der Waals surface area contributed by atoms with Gasteiger partial charge >= 0.3 is 0 Å². The second-order valence-electron chi connectivity index (χ2n) is 4.96. The topological polar surface area (TPSA) is 21.8 Å². The number of ether oxygens (including phenoxy) is 2. The van der Waals surface area contributed by atoms with Crippen LogP contribution in [0.1, 0.15) is 46.0 Å². The standard InChI is InChI=1S/C12H22O2/c1-3-7-13-8-5-10-4-6-12(2)11(9-10)14-12/h10-11H,3-9H2,1-2H3. The van der Waals surface area contributed by atoms with Crippen molar-refractivity contribution in [2.45, 2.75) is 57.7 Å². The molecular weight excluding hydrogens is 176 g/mol. The van der Waals surface area contributed by atoms with E-state index in [2.05, 4.69) is 13.8 Å². The molecule has 2 rings (SSSR count). The summed E-state index contributed by atoms with van der Waals surface area (Å²) in [4.78, 5) is 0. The zero-order valence-corrected chi connectivity index (χ0v) is 9.42. The molecule has 82 valence electrons. The number of hydrogen-bond donors (Lipinski definition) is 0. The Bertz CT molecular complexity index is 193. The third-order valence-corrected chi connectivity index (χ3v) is 3.65. The molecule has 0 aromatic rings. The Balaban J connectivity index is 1.59. The summed E-state index contributed by atoms with van der Waals surface area (Å²) in [5.74, 6) is 0.854. The van der Waals surface area contributed by atoms with E-state index in [0.717, 1.165) is 25.6 Å². The summed E-state index contributed by atoms with van der Waals surface area (Å²) in [5.41, 5.74) is 0.279. The lowest BCUT2D eigenvalue weighted by Gasteiger charge is -2.22. The second-order valence-corrected chi connectivity index (χ2v) is 4.96. The summed E-state index contributed by atoms with van der Waals surface area (Å²) in [6.45, 7) is 6.28. The highest BCUT2D eigenvalue weighted by atomic mass is 16.6. The number of rotatable bonds is 5. The number of hydrogen-bond acceptors (Lipinski definition) is 2. The van der Waals surface area contributed by atoms with E-state index in [1.54, 1.807) is 0 Å². The van der Waals surface area contributed by atoms with E-state index >= 15 is 0 Å². The average molecular weight is 198 g/mol. The van der Waals surface area contributed by atoms with Crippen molar-refractivity contribution in [1.29, 1.82) is 0 Å². The van der Waals surface area contributed by atoms with Crippen LogP contribution in [0.3, 0.4) is 0 Å². The summed E-state index contributed by atoms with van der Waals surface area (Å²) in [7, 11) is 0. The van der Waals surface area contributed by atoms with Gasteiger partial charge in [0.15, 0.2) is 0 Å². The fourth-order valence-corrected chi connectivity index (χ4v) is 2.48. The van der Waals surface area contributed by atoms with Crippen molar-refractivity contribution >= 4 is 0 Å². The molecule has 14 heavy (non-hydrogen) atoms. The SMILES string of the molecule is CCCOCCC1CCC2(C)OC2C1. The van der Waals surface area contributed by atoms with Gasteiger partial charge in [0.05, 0.1) is 11.7 Å². The van der Waals surface area contributed by atoms with E-state index in [1.165, 1.54) is 25.7 Å². The van der Waals surface area contributed by atoms with Crippen molar-refractivity contribution in [3.8, 4) is 0 Å². The first-order valence-electron chi connectivity index (χ1n) is 6.00. The molecule has 1 aliphatic heterocycles. The van der Waals surface area contributed by atoms with Crippen LogP contribution in [0.5, 0.6) is 0 Å². The van der Waals surface area contributed by atoms with Gasteiger partial charge in [0.25, 0.3) is 0 Å². The van der Waals surface area contributed by atoms with E-state index in [9.17, 15) is 0 Å². The first-order valence-corrected chi connectivity index (χ1v) is 6.00. The number of epoxide rings is 1. The molecule has 0 radical (unpaired) electrons. The Hall–Kier alpha value is -0.0800. The summed E-state index contributed by atoms with van der Waals surface area (Å²) in [5, 5.41) is 0. The van der Waals surface area contributed by atoms with Crippen molar-refractivity contribution in [3.05, 3.63) is 0 Å². The van der Waals surface area contributed by atoms with Gasteiger partial charge in [0.1, 0.15) is 0 Å². The van der Waals surface area contributed by atoms with Crippen molar-refractivity contribution < 1.29 is 9.47 Å². The van der Waals surface area contributed by atoms with Crippen LogP contribution in [0, 0.1) is 5.92 Å². The summed E-state index contributed by atoms with van der Waals surface area (Å²) in [6.07, 6.45) is 6.81. The maximum atomic E-state index is 5.68. The van der Waals surface area contributed by atoms with Gasteiger partial charge in [-0.05, 0) is 44.9 Å². The second kappa shape index (κ2) is 4.19. The van der Waals surface area contributed by atoms with Gasteiger partial charge < -0.3 is 9.47 Å². The van der Waals surface area contributed by atoms with E-state index < -0.39 is 0 Å². The molecule has 0 spiro atoms. The van der Waals surface area contributed by atoms with Crippen LogP contribution < -0.4 is 0 Å². The summed E-state index contributed by atoms with van der Waals surface area (Å²) >= 11 is 0. The largest absolute Gasteiger partial charge is 0.381 e. The maximum absolute atomic E-state index is 5.68. The lowest BCUT2D eigenvalue weighted by molar-refractivity contribution is 0.114. The summed E-state index contributed by atoms with van der Waals surface area (Å²) in [6, 6.07) is 0. The lowest BCUT2D eigenvalue weighted by atomic mass is 9.81. The molecule has 0 N–H and O–H groups in total. The van der Waals surface area contributed by atoms with Crippen molar-refractivity contribution in [2.24, 2.45) is 5.92 Å². The molecule has 1 aliphatic carbocycles. The highest BCUT2D eigenvalue weighted by Gasteiger charge is 2.54. The first-order chi connectivity index (χ1) is 6.74. The van der Waals surface area contributed by atoms with Crippen LogP contribution in [-0.4, -0.2) is 24.9 Å².